The van der Waals surface area contributed by atoms with Crippen LogP contribution in [0.1, 0.15) is 18.7 Å². The molecule has 0 aliphatic carbocycles. The fourth-order valence-electron chi connectivity index (χ4n) is 1.19. The zero-order chi connectivity index (χ0) is 9.84. The summed E-state index contributed by atoms with van der Waals surface area (Å²) in [6.07, 6.45) is 1.67. The lowest BCUT2D eigenvalue weighted by Gasteiger charge is -2.12. The summed E-state index contributed by atoms with van der Waals surface area (Å²) in [5, 5.41) is 12.7. The second kappa shape index (κ2) is 4.74. The summed E-state index contributed by atoms with van der Waals surface area (Å²) in [5.74, 6) is 0. The monoisotopic (exact) mass is 248 g/mol. The van der Waals surface area contributed by atoms with Crippen LogP contribution in [-0.4, -0.2) is 28.1 Å². The van der Waals surface area contributed by atoms with Crippen molar-refractivity contribution < 1.29 is 9.84 Å². The molecule has 13 heavy (non-hydrogen) atoms. The molecule has 0 amide bonds. The van der Waals surface area contributed by atoms with Gasteiger partial charge in [-0.1, -0.05) is 0 Å². The van der Waals surface area contributed by atoms with Crippen LogP contribution in [0.2, 0.25) is 0 Å². The number of aliphatic hydroxyl groups excluding tert-OH is 1. The molecule has 1 heterocycles. The first kappa shape index (κ1) is 10.7. The number of ether oxygens (including phenoxy) is 1. The normalized spacial score (nSPS) is 13.2. The summed E-state index contributed by atoms with van der Waals surface area (Å²) >= 11 is 3.38. The van der Waals surface area contributed by atoms with Crippen LogP contribution in [0, 0.1) is 0 Å². The zero-order valence-electron chi connectivity index (χ0n) is 7.70. The van der Waals surface area contributed by atoms with Gasteiger partial charge in [0.25, 0.3) is 0 Å². The molecule has 0 spiro atoms. The lowest BCUT2D eigenvalue weighted by Crippen LogP contribution is -2.09. The second-order valence-corrected chi connectivity index (χ2v) is 3.59. The van der Waals surface area contributed by atoms with Gasteiger partial charge in [0.15, 0.2) is 0 Å². The van der Waals surface area contributed by atoms with Crippen molar-refractivity contribution in [1.29, 1.82) is 0 Å². The van der Waals surface area contributed by atoms with Crippen molar-refractivity contribution in [3.8, 4) is 0 Å². The first-order chi connectivity index (χ1) is 6.16. The Kier molecular flexibility index (Phi) is 3.90. The third kappa shape index (κ3) is 2.52. The lowest BCUT2D eigenvalue weighted by molar-refractivity contribution is 0.0338. The molecule has 1 N–H and O–H groups in total. The van der Waals surface area contributed by atoms with Gasteiger partial charge >= 0.3 is 0 Å². The molecule has 1 rings (SSSR count). The summed E-state index contributed by atoms with van der Waals surface area (Å²) in [7, 11) is 1.86. The standard InChI is InChI=1S/C8H13BrN2O2/c1-6(13-4-3-12)8-7(9)5-10-11(8)2/h5-6,12H,3-4H2,1-2H3. The maximum Gasteiger partial charge on any atom is 0.0975 e. The number of rotatable bonds is 4. The Morgan fingerprint density at radius 3 is 2.92 bits per heavy atom. The fraction of sp³-hybridized carbons (Fsp3) is 0.625. The fourth-order valence-corrected chi connectivity index (χ4v) is 1.86. The zero-order valence-corrected chi connectivity index (χ0v) is 9.28. The molecule has 1 aromatic heterocycles. The number of aliphatic hydroxyl groups is 1. The highest BCUT2D eigenvalue weighted by molar-refractivity contribution is 9.10. The SMILES string of the molecule is CC(OCCO)c1c(Br)cnn1C. The van der Waals surface area contributed by atoms with Crippen molar-refractivity contribution >= 4 is 15.9 Å². The van der Waals surface area contributed by atoms with E-state index in [2.05, 4.69) is 21.0 Å². The van der Waals surface area contributed by atoms with Crippen LogP contribution in [0.3, 0.4) is 0 Å². The highest BCUT2D eigenvalue weighted by Gasteiger charge is 2.13. The van der Waals surface area contributed by atoms with E-state index in [4.69, 9.17) is 9.84 Å². The molecule has 74 valence electrons. The smallest absolute Gasteiger partial charge is 0.0975 e. The molecule has 1 atom stereocenters. The summed E-state index contributed by atoms with van der Waals surface area (Å²) < 4.78 is 8.04. The summed E-state index contributed by atoms with van der Waals surface area (Å²) in [6, 6.07) is 0. The van der Waals surface area contributed by atoms with Crippen molar-refractivity contribution in [3.63, 3.8) is 0 Å². The Morgan fingerprint density at radius 1 is 1.77 bits per heavy atom. The number of hydrogen-bond donors (Lipinski definition) is 1. The number of aryl methyl sites for hydroxylation is 1. The molecule has 0 aromatic carbocycles. The van der Waals surface area contributed by atoms with Crippen LogP contribution in [0.15, 0.2) is 10.7 Å². The van der Waals surface area contributed by atoms with Gasteiger partial charge in [-0.15, -0.1) is 0 Å². The van der Waals surface area contributed by atoms with Crippen LogP contribution in [-0.2, 0) is 11.8 Å². The van der Waals surface area contributed by atoms with Gasteiger partial charge in [0.05, 0.1) is 35.7 Å². The molecular formula is C8H13BrN2O2. The number of nitrogens with zero attached hydrogens (tertiary/aromatic N) is 2. The summed E-state index contributed by atoms with van der Waals surface area (Å²) in [5.41, 5.74) is 0.980. The van der Waals surface area contributed by atoms with Gasteiger partial charge in [-0.3, -0.25) is 4.68 Å². The second-order valence-electron chi connectivity index (χ2n) is 2.74. The Morgan fingerprint density at radius 2 is 2.46 bits per heavy atom. The first-order valence-electron chi connectivity index (χ1n) is 4.06. The quantitative estimate of drug-likeness (QED) is 0.873. The van der Waals surface area contributed by atoms with Gasteiger partial charge in [0, 0.05) is 7.05 Å². The van der Waals surface area contributed by atoms with E-state index in [0.717, 1.165) is 10.2 Å². The van der Waals surface area contributed by atoms with Crippen LogP contribution < -0.4 is 0 Å². The molecule has 0 aliphatic heterocycles. The largest absolute Gasteiger partial charge is 0.394 e. The summed E-state index contributed by atoms with van der Waals surface area (Å²) in [4.78, 5) is 0. The maximum absolute atomic E-state index is 8.59. The third-order valence-electron chi connectivity index (χ3n) is 1.78. The molecule has 1 unspecified atom stereocenters. The van der Waals surface area contributed by atoms with Crippen LogP contribution in [0.25, 0.3) is 0 Å². The molecule has 0 bridgehead atoms. The van der Waals surface area contributed by atoms with Crippen molar-refractivity contribution in [2.24, 2.45) is 7.05 Å². The van der Waals surface area contributed by atoms with Crippen molar-refractivity contribution in [2.75, 3.05) is 13.2 Å². The predicted molar refractivity (Wildman–Crippen MR) is 52.4 cm³/mol. The van der Waals surface area contributed by atoms with E-state index in [-0.39, 0.29) is 12.7 Å². The minimum absolute atomic E-state index is 0.0415. The predicted octanol–water partition coefficient (Wildman–Crippen LogP) is 1.25. The minimum atomic E-state index is -0.0611. The van der Waals surface area contributed by atoms with E-state index in [9.17, 15) is 0 Å². The average molecular weight is 249 g/mol. The van der Waals surface area contributed by atoms with Crippen molar-refractivity contribution in [3.05, 3.63) is 16.4 Å². The minimum Gasteiger partial charge on any atom is -0.394 e. The molecule has 4 nitrogen and oxygen atoms in total. The van der Waals surface area contributed by atoms with Crippen LogP contribution in [0.5, 0.6) is 0 Å². The highest BCUT2D eigenvalue weighted by Crippen LogP contribution is 2.24. The van der Waals surface area contributed by atoms with E-state index in [0.29, 0.717) is 6.61 Å². The van der Waals surface area contributed by atoms with Gasteiger partial charge in [0.2, 0.25) is 0 Å². The molecule has 0 saturated heterocycles. The molecule has 0 aliphatic rings. The van der Waals surface area contributed by atoms with Gasteiger partial charge < -0.3 is 9.84 Å². The Labute approximate surface area is 85.6 Å². The molecular weight excluding hydrogens is 236 g/mol. The molecule has 0 radical (unpaired) electrons. The number of halogens is 1. The number of hydrogen-bond acceptors (Lipinski definition) is 3. The van der Waals surface area contributed by atoms with E-state index in [1.54, 1.807) is 10.9 Å². The first-order valence-corrected chi connectivity index (χ1v) is 4.86. The molecule has 5 heteroatoms. The maximum atomic E-state index is 8.59. The Balaban J connectivity index is 2.69. The van der Waals surface area contributed by atoms with Crippen LogP contribution in [0.4, 0.5) is 0 Å². The molecule has 0 fully saturated rings. The van der Waals surface area contributed by atoms with Crippen molar-refractivity contribution in [1.82, 2.24) is 9.78 Å². The van der Waals surface area contributed by atoms with Gasteiger partial charge in [-0.25, -0.2) is 0 Å². The Bertz CT molecular complexity index is 256. The Hall–Kier alpha value is -0.390. The molecule has 0 saturated carbocycles. The lowest BCUT2D eigenvalue weighted by atomic mass is 10.3. The van der Waals surface area contributed by atoms with E-state index in [1.807, 2.05) is 14.0 Å². The summed E-state index contributed by atoms with van der Waals surface area (Å²) in [6.45, 7) is 2.32. The van der Waals surface area contributed by atoms with Crippen LogP contribution >= 0.6 is 15.9 Å². The molecule has 1 aromatic rings. The van der Waals surface area contributed by atoms with E-state index < -0.39 is 0 Å². The van der Waals surface area contributed by atoms with Crippen molar-refractivity contribution in [2.45, 2.75) is 13.0 Å². The van der Waals surface area contributed by atoms with E-state index >= 15 is 0 Å². The van der Waals surface area contributed by atoms with E-state index in [1.165, 1.54) is 0 Å². The number of aromatic nitrogens is 2. The average Bonchev–Trinajstić information content (AvgIpc) is 2.42. The van der Waals surface area contributed by atoms with Gasteiger partial charge in [-0.05, 0) is 22.9 Å². The topological polar surface area (TPSA) is 47.3 Å². The van der Waals surface area contributed by atoms with Gasteiger partial charge in [-0.2, -0.15) is 5.10 Å². The highest BCUT2D eigenvalue weighted by atomic mass is 79.9. The third-order valence-corrected chi connectivity index (χ3v) is 2.39. The van der Waals surface area contributed by atoms with Gasteiger partial charge in [0.1, 0.15) is 0 Å².